The lowest BCUT2D eigenvalue weighted by molar-refractivity contribution is 0.134. The molecule has 8 nitrogen and oxygen atoms in total. The van der Waals surface area contributed by atoms with Gasteiger partial charge in [-0.25, -0.2) is 9.97 Å². The van der Waals surface area contributed by atoms with Crippen molar-refractivity contribution in [3.8, 4) is 11.3 Å². The lowest BCUT2D eigenvalue weighted by atomic mass is 10.1. The van der Waals surface area contributed by atoms with Crippen molar-refractivity contribution in [3.05, 3.63) is 60.4 Å². The smallest absolute Gasteiger partial charge is 0.227 e. The van der Waals surface area contributed by atoms with Gasteiger partial charge in [0.15, 0.2) is 0 Å². The maximum absolute atomic E-state index is 5.43. The van der Waals surface area contributed by atoms with Gasteiger partial charge in [0.25, 0.3) is 0 Å². The number of rotatable bonds is 5. The molecule has 0 bridgehead atoms. The van der Waals surface area contributed by atoms with Crippen LogP contribution in [0.15, 0.2) is 60.4 Å². The van der Waals surface area contributed by atoms with Crippen molar-refractivity contribution >= 4 is 11.5 Å². The number of hydrogen-bond donors (Lipinski definition) is 1. The average molecular weight is 350 g/mol. The Morgan fingerprint density at radius 1 is 1.19 bits per heavy atom. The first-order valence-corrected chi connectivity index (χ1v) is 8.15. The van der Waals surface area contributed by atoms with E-state index in [4.69, 9.17) is 9.47 Å². The Bertz CT molecular complexity index is 994. The Kier molecular flexibility index (Phi) is 4.32. The molecule has 1 aliphatic carbocycles. The molecule has 4 rings (SSSR count). The number of hydrogen-bond acceptors (Lipinski definition) is 7. The molecule has 1 aliphatic rings. The highest BCUT2D eigenvalue weighted by atomic mass is 16.5. The van der Waals surface area contributed by atoms with Crippen LogP contribution in [0.1, 0.15) is 6.42 Å². The van der Waals surface area contributed by atoms with E-state index < -0.39 is 0 Å². The predicted molar refractivity (Wildman–Crippen MR) is 96.2 cm³/mol. The molecule has 26 heavy (non-hydrogen) atoms. The van der Waals surface area contributed by atoms with Crippen molar-refractivity contribution in [1.82, 2.24) is 24.8 Å². The van der Waals surface area contributed by atoms with Gasteiger partial charge in [0.2, 0.25) is 5.95 Å². The molecule has 0 aliphatic heterocycles. The molecule has 132 valence electrons. The zero-order valence-corrected chi connectivity index (χ0v) is 14.5. The van der Waals surface area contributed by atoms with E-state index in [1.807, 2.05) is 30.4 Å². The molecule has 0 radical (unpaired) electrons. The molecule has 0 saturated heterocycles. The van der Waals surface area contributed by atoms with Crippen molar-refractivity contribution in [3.63, 3.8) is 0 Å². The van der Waals surface area contributed by atoms with Crippen LogP contribution in [-0.2, 0) is 9.47 Å². The van der Waals surface area contributed by atoms with Crippen LogP contribution < -0.4 is 5.32 Å². The molecule has 3 aromatic heterocycles. The Morgan fingerprint density at radius 3 is 2.96 bits per heavy atom. The molecular formula is C18H18N6O2. The van der Waals surface area contributed by atoms with E-state index in [1.54, 1.807) is 37.4 Å². The first-order valence-electron chi connectivity index (χ1n) is 8.15. The van der Waals surface area contributed by atoms with Crippen LogP contribution in [0.3, 0.4) is 0 Å². The highest BCUT2D eigenvalue weighted by Crippen LogP contribution is 2.24. The fraction of sp³-hybridized carbons (Fsp3) is 0.222. The summed E-state index contributed by atoms with van der Waals surface area (Å²) in [6, 6.07) is 5.67. The number of nitrogens with one attached hydrogen (secondary N) is 1. The summed E-state index contributed by atoms with van der Waals surface area (Å²) in [7, 11) is 3.31. The Morgan fingerprint density at radius 2 is 2.12 bits per heavy atom. The fourth-order valence-corrected chi connectivity index (χ4v) is 2.85. The highest BCUT2D eigenvalue weighted by molar-refractivity contribution is 5.77. The maximum Gasteiger partial charge on any atom is 0.227 e. The topological polar surface area (TPSA) is 86.5 Å². The minimum Gasteiger partial charge on any atom is -0.497 e. The van der Waals surface area contributed by atoms with Crippen molar-refractivity contribution in [2.45, 2.75) is 12.5 Å². The van der Waals surface area contributed by atoms with Gasteiger partial charge in [-0.2, -0.15) is 14.8 Å². The second-order valence-corrected chi connectivity index (χ2v) is 5.77. The number of anilines is 1. The summed E-state index contributed by atoms with van der Waals surface area (Å²) in [5.74, 6) is 1.25. The van der Waals surface area contributed by atoms with Crippen LogP contribution in [0.2, 0.25) is 0 Å². The van der Waals surface area contributed by atoms with E-state index in [0.717, 1.165) is 28.2 Å². The summed E-state index contributed by atoms with van der Waals surface area (Å²) in [5.41, 5.74) is 3.48. The van der Waals surface area contributed by atoms with Gasteiger partial charge < -0.3 is 14.8 Å². The molecule has 8 heteroatoms. The lowest BCUT2D eigenvalue weighted by Gasteiger charge is -2.20. The molecule has 0 amide bonds. The number of nitrogens with zero attached hydrogens (tertiary/aromatic N) is 5. The monoisotopic (exact) mass is 350 g/mol. The largest absolute Gasteiger partial charge is 0.497 e. The van der Waals surface area contributed by atoms with Crippen molar-refractivity contribution in [2.75, 3.05) is 19.5 Å². The summed E-state index contributed by atoms with van der Waals surface area (Å²) < 4.78 is 12.3. The molecule has 0 aromatic carbocycles. The molecule has 1 unspecified atom stereocenters. The SMILES string of the molecule is COC1=CC(OC)CC(Nc2nccc(-c3cnn4ncccc34)n2)=C1. The number of methoxy groups -OCH3 is 2. The third-order valence-corrected chi connectivity index (χ3v) is 4.13. The fourth-order valence-electron chi connectivity index (χ4n) is 2.85. The molecular weight excluding hydrogens is 332 g/mol. The van der Waals surface area contributed by atoms with Crippen LogP contribution in [0.25, 0.3) is 16.8 Å². The first-order chi connectivity index (χ1) is 12.8. The third-order valence-electron chi connectivity index (χ3n) is 4.13. The predicted octanol–water partition coefficient (Wildman–Crippen LogP) is 2.43. The van der Waals surface area contributed by atoms with Crippen LogP contribution in [-0.4, -0.2) is 45.1 Å². The summed E-state index contributed by atoms with van der Waals surface area (Å²) >= 11 is 0. The summed E-state index contributed by atoms with van der Waals surface area (Å²) in [6.07, 6.45) is 9.66. The third kappa shape index (κ3) is 3.14. The van der Waals surface area contributed by atoms with Gasteiger partial charge in [-0.1, -0.05) is 0 Å². The van der Waals surface area contributed by atoms with Gasteiger partial charge in [-0.3, -0.25) is 0 Å². The van der Waals surface area contributed by atoms with Crippen LogP contribution in [0.5, 0.6) is 0 Å². The second-order valence-electron chi connectivity index (χ2n) is 5.77. The standard InChI is InChI=1S/C18H18N6O2/c1-25-13-8-12(9-14(10-13)26-2)22-18-19-7-5-16(23-18)15-11-21-24-17(15)4-3-6-20-24/h3-8,10-11,14H,9H2,1-2H3,(H,19,22,23). The molecule has 0 saturated carbocycles. The van der Waals surface area contributed by atoms with E-state index in [2.05, 4.69) is 25.5 Å². The molecule has 3 aromatic rings. The summed E-state index contributed by atoms with van der Waals surface area (Å²) in [5, 5.41) is 11.7. The molecule has 3 heterocycles. The van der Waals surface area contributed by atoms with E-state index in [1.165, 1.54) is 0 Å². The van der Waals surface area contributed by atoms with Crippen LogP contribution >= 0.6 is 0 Å². The van der Waals surface area contributed by atoms with E-state index in [-0.39, 0.29) is 6.10 Å². The normalized spacial score (nSPS) is 16.9. The Hall–Kier alpha value is -3.26. The minimum absolute atomic E-state index is 0.0497. The number of aromatic nitrogens is 5. The van der Waals surface area contributed by atoms with Gasteiger partial charge in [0, 0.05) is 37.2 Å². The van der Waals surface area contributed by atoms with Gasteiger partial charge >= 0.3 is 0 Å². The number of fused-ring (bicyclic) bond motifs is 1. The maximum atomic E-state index is 5.43. The second kappa shape index (κ2) is 6.93. The van der Waals surface area contributed by atoms with E-state index in [0.29, 0.717) is 12.4 Å². The lowest BCUT2D eigenvalue weighted by Crippen LogP contribution is -2.18. The molecule has 1 atom stereocenters. The average Bonchev–Trinajstić information content (AvgIpc) is 3.12. The summed E-state index contributed by atoms with van der Waals surface area (Å²) in [6.45, 7) is 0. The minimum atomic E-state index is -0.0497. The summed E-state index contributed by atoms with van der Waals surface area (Å²) in [4.78, 5) is 8.93. The van der Waals surface area contributed by atoms with Gasteiger partial charge in [0.05, 0.1) is 30.6 Å². The van der Waals surface area contributed by atoms with Gasteiger partial charge in [0.1, 0.15) is 5.76 Å². The molecule has 1 N–H and O–H groups in total. The Labute approximate surface area is 150 Å². The van der Waals surface area contributed by atoms with Crippen LogP contribution in [0.4, 0.5) is 5.95 Å². The van der Waals surface area contributed by atoms with Crippen LogP contribution in [0, 0.1) is 0 Å². The first kappa shape index (κ1) is 16.2. The van der Waals surface area contributed by atoms with Crippen molar-refractivity contribution in [2.24, 2.45) is 0 Å². The van der Waals surface area contributed by atoms with Crippen molar-refractivity contribution in [1.29, 1.82) is 0 Å². The van der Waals surface area contributed by atoms with Gasteiger partial charge in [-0.05, 0) is 30.4 Å². The van der Waals surface area contributed by atoms with Gasteiger partial charge in [-0.15, -0.1) is 0 Å². The van der Waals surface area contributed by atoms with E-state index in [9.17, 15) is 0 Å². The number of ether oxygens (including phenoxy) is 2. The van der Waals surface area contributed by atoms with Crippen molar-refractivity contribution < 1.29 is 9.47 Å². The zero-order chi connectivity index (χ0) is 17.9. The zero-order valence-electron chi connectivity index (χ0n) is 14.5. The Balaban J connectivity index is 1.62. The quantitative estimate of drug-likeness (QED) is 0.756. The molecule has 0 spiro atoms. The molecule has 0 fully saturated rings. The number of allylic oxidation sites excluding steroid dienone is 1. The highest BCUT2D eigenvalue weighted by Gasteiger charge is 2.17. The van der Waals surface area contributed by atoms with E-state index >= 15 is 0 Å².